The predicted octanol–water partition coefficient (Wildman–Crippen LogP) is 3.89. The second-order valence-electron chi connectivity index (χ2n) is 7.03. The van der Waals surface area contributed by atoms with Crippen molar-refractivity contribution >= 4 is 23.2 Å². The van der Waals surface area contributed by atoms with Crippen molar-refractivity contribution < 1.29 is 23.8 Å². The van der Waals surface area contributed by atoms with Gasteiger partial charge >= 0.3 is 5.97 Å². The van der Waals surface area contributed by atoms with Crippen LogP contribution in [0.25, 0.3) is 0 Å². The number of carbonyl (C=O) groups excluding carboxylic acids is 2. The normalized spacial score (nSPS) is 14.3. The van der Waals surface area contributed by atoms with Crippen LogP contribution in [0.2, 0.25) is 0 Å². The van der Waals surface area contributed by atoms with Gasteiger partial charge in [-0.15, -0.1) is 11.3 Å². The maximum Gasteiger partial charge on any atom is 0.348 e. The van der Waals surface area contributed by atoms with Crippen molar-refractivity contribution in [1.82, 2.24) is 5.32 Å². The molecule has 7 heteroatoms. The second-order valence-corrected chi connectivity index (χ2v) is 8.32. The molecule has 0 fully saturated rings. The lowest BCUT2D eigenvalue weighted by Gasteiger charge is -2.23. The molecule has 0 bridgehead atoms. The number of amides is 1. The highest BCUT2D eigenvalue weighted by atomic mass is 32.1. The van der Waals surface area contributed by atoms with E-state index in [0.717, 1.165) is 22.6 Å². The van der Waals surface area contributed by atoms with E-state index in [0.29, 0.717) is 23.8 Å². The summed E-state index contributed by atoms with van der Waals surface area (Å²) in [6.07, 6.45) is 0.837. The minimum atomic E-state index is -0.482. The highest BCUT2D eigenvalue weighted by Gasteiger charge is 2.22. The molecule has 150 valence electrons. The summed E-state index contributed by atoms with van der Waals surface area (Å²) < 4.78 is 16.6. The molecule has 1 aromatic carbocycles. The van der Waals surface area contributed by atoms with Gasteiger partial charge in [0.25, 0.3) is 5.91 Å². The fourth-order valence-corrected chi connectivity index (χ4v) is 3.73. The standard InChI is InChI=1S/C21H25NO5S/c1-13(2)20(15-6-7-16-17(11-15)26-10-4-9-25-16)22-19(23)12-27-21(24)18-8-5-14(3)28-18/h5-8,11,13,20H,4,9-10,12H2,1-3H3,(H,22,23)/t20-/m0/s1. The Hall–Kier alpha value is -2.54. The first-order chi connectivity index (χ1) is 13.4. The van der Waals surface area contributed by atoms with Gasteiger partial charge in [-0.1, -0.05) is 19.9 Å². The predicted molar refractivity (Wildman–Crippen MR) is 107 cm³/mol. The van der Waals surface area contributed by atoms with Gasteiger partial charge in [0.15, 0.2) is 18.1 Å². The molecule has 1 N–H and O–H groups in total. The number of hydrogen-bond acceptors (Lipinski definition) is 6. The number of ether oxygens (including phenoxy) is 3. The lowest BCUT2D eigenvalue weighted by atomic mass is 9.95. The van der Waals surface area contributed by atoms with Gasteiger partial charge in [0.05, 0.1) is 19.3 Å². The molecule has 2 aromatic rings. The van der Waals surface area contributed by atoms with Gasteiger partial charge in [0, 0.05) is 11.3 Å². The number of fused-ring (bicyclic) bond motifs is 1. The number of carbonyl (C=O) groups is 2. The summed E-state index contributed by atoms with van der Waals surface area (Å²) in [4.78, 5) is 25.9. The molecule has 1 aliphatic rings. The summed E-state index contributed by atoms with van der Waals surface area (Å²) in [7, 11) is 0. The van der Waals surface area contributed by atoms with Gasteiger partial charge in [0.2, 0.25) is 0 Å². The van der Waals surface area contributed by atoms with E-state index in [4.69, 9.17) is 14.2 Å². The topological polar surface area (TPSA) is 73.9 Å². The molecule has 0 unspecified atom stereocenters. The van der Waals surface area contributed by atoms with Crippen molar-refractivity contribution in [2.45, 2.75) is 33.2 Å². The number of esters is 1. The molecule has 0 aliphatic carbocycles. The fraction of sp³-hybridized carbons (Fsp3) is 0.429. The van der Waals surface area contributed by atoms with Gasteiger partial charge in [-0.3, -0.25) is 4.79 Å². The number of hydrogen-bond donors (Lipinski definition) is 1. The van der Waals surface area contributed by atoms with Crippen LogP contribution in [0.5, 0.6) is 11.5 Å². The van der Waals surface area contributed by atoms with Crippen molar-refractivity contribution in [2.24, 2.45) is 5.92 Å². The summed E-state index contributed by atoms with van der Waals surface area (Å²) in [6, 6.07) is 9.03. The Morgan fingerprint density at radius 3 is 2.57 bits per heavy atom. The first-order valence-corrected chi connectivity index (χ1v) is 10.2. The van der Waals surface area contributed by atoms with Gasteiger partial charge in [0.1, 0.15) is 4.88 Å². The molecule has 2 heterocycles. The molecule has 3 rings (SSSR count). The lowest BCUT2D eigenvalue weighted by molar-refractivity contribution is -0.125. The summed E-state index contributed by atoms with van der Waals surface area (Å²) in [5.74, 6) is 0.728. The van der Waals surface area contributed by atoms with Gasteiger partial charge < -0.3 is 19.5 Å². The zero-order chi connectivity index (χ0) is 20.1. The van der Waals surface area contributed by atoms with Crippen molar-refractivity contribution in [3.05, 3.63) is 45.6 Å². The van der Waals surface area contributed by atoms with Gasteiger partial charge in [-0.25, -0.2) is 4.79 Å². The SMILES string of the molecule is Cc1ccc(C(=O)OCC(=O)N[C@H](c2ccc3c(c2)OCCCO3)C(C)C)s1. The fourth-order valence-electron chi connectivity index (χ4n) is 2.97. The van der Waals surface area contributed by atoms with E-state index in [9.17, 15) is 9.59 Å². The van der Waals surface area contributed by atoms with Crippen LogP contribution in [-0.2, 0) is 9.53 Å². The van der Waals surface area contributed by atoms with E-state index in [1.165, 1.54) is 11.3 Å². The smallest absolute Gasteiger partial charge is 0.348 e. The zero-order valence-electron chi connectivity index (χ0n) is 16.3. The molecule has 0 spiro atoms. The molecule has 1 aliphatic heterocycles. The van der Waals surface area contributed by atoms with Crippen LogP contribution in [0, 0.1) is 12.8 Å². The van der Waals surface area contributed by atoms with Crippen LogP contribution in [0.4, 0.5) is 0 Å². The van der Waals surface area contributed by atoms with Gasteiger partial charge in [-0.05, 0) is 42.7 Å². The maximum absolute atomic E-state index is 12.4. The van der Waals surface area contributed by atoms with E-state index in [1.807, 2.05) is 45.0 Å². The molecule has 1 atom stereocenters. The Morgan fingerprint density at radius 2 is 1.89 bits per heavy atom. The molecular weight excluding hydrogens is 378 g/mol. The van der Waals surface area contributed by atoms with Crippen molar-refractivity contribution in [3.63, 3.8) is 0 Å². The molecule has 0 saturated carbocycles. The monoisotopic (exact) mass is 403 g/mol. The third-order valence-corrected chi connectivity index (χ3v) is 5.37. The van der Waals surface area contributed by atoms with E-state index >= 15 is 0 Å². The largest absolute Gasteiger partial charge is 0.490 e. The van der Waals surface area contributed by atoms with Crippen LogP contribution in [0.15, 0.2) is 30.3 Å². The summed E-state index contributed by atoms with van der Waals surface area (Å²) in [6.45, 7) is 6.88. The Morgan fingerprint density at radius 1 is 1.14 bits per heavy atom. The van der Waals surface area contributed by atoms with E-state index in [-0.39, 0.29) is 24.5 Å². The van der Waals surface area contributed by atoms with Crippen LogP contribution >= 0.6 is 11.3 Å². The molecule has 6 nitrogen and oxygen atoms in total. The molecule has 0 saturated heterocycles. The average molecular weight is 404 g/mol. The van der Waals surface area contributed by atoms with E-state index < -0.39 is 5.97 Å². The minimum Gasteiger partial charge on any atom is -0.490 e. The quantitative estimate of drug-likeness (QED) is 0.741. The van der Waals surface area contributed by atoms with Crippen molar-refractivity contribution in [3.8, 4) is 11.5 Å². The summed E-state index contributed by atoms with van der Waals surface area (Å²) >= 11 is 1.35. The Bertz CT molecular complexity index is 845. The first-order valence-electron chi connectivity index (χ1n) is 9.36. The molecule has 28 heavy (non-hydrogen) atoms. The zero-order valence-corrected chi connectivity index (χ0v) is 17.1. The molecular formula is C21H25NO5S. The van der Waals surface area contributed by atoms with Gasteiger partial charge in [-0.2, -0.15) is 0 Å². The highest BCUT2D eigenvalue weighted by molar-refractivity contribution is 7.13. The maximum atomic E-state index is 12.4. The van der Waals surface area contributed by atoms with Crippen LogP contribution in [0.1, 0.15) is 46.4 Å². The number of aryl methyl sites for hydroxylation is 1. The van der Waals surface area contributed by atoms with Crippen molar-refractivity contribution in [1.29, 1.82) is 0 Å². The number of benzene rings is 1. The Balaban J connectivity index is 1.63. The lowest BCUT2D eigenvalue weighted by Crippen LogP contribution is -2.35. The third kappa shape index (κ3) is 5.04. The van der Waals surface area contributed by atoms with Crippen LogP contribution < -0.4 is 14.8 Å². The third-order valence-electron chi connectivity index (χ3n) is 4.39. The summed E-state index contributed by atoms with van der Waals surface area (Å²) in [5.41, 5.74) is 0.924. The molecule has 0 radical (unpaired) electrons. The molecule has 1 aromatic heterocycles. The first kappa shape index (κ1) is 20.2. The average Bonchev–Trinajstić information content (AvgIpc) is 2.97. The number of rotatable bonds is 6. The summed E-state index contributed by atoms with van der Waals surface area (Å²) in [5, 5.41) is 2.96. The minimum absolute atomic E-state index is 0.143. The second kappa shape index (κ2) is 9.10. The molecule has 1 amide bonds. The number of thiophene rings is 1. The van der Waals surface area contributed by atoms with Crippen molar-refractivity contribution in [2.75, 3.05) is 19.8 Å². The highest BCUT2D eigenvalue weighted by Crippen LogP contribution is 2.34. The number of nitrogens with one attached hydrogen (secondary N) is 1. The van der Waals surface area contributed by atoms with E-state index in [2.05, 4.69) is 5.32 Å². The Kier molecular flexibility index (Phi) is 6.57. The van der Waals surface area contributed by atoms with Crippen LogP contribution in [-0.4, -0.2) is 31.7 Å². The Labute approximate surface area is 168 Å². The van der Waals surface area contributed by atoms with E-state index in [1.54, 1.807) is 6.07 Å². The van der Waals surface area contributed by atoms with Crippen LogP contribution in [0.3, 0.4) is 0 Å².